The van der Waals surface area contributed by atoms with E-state index in [4.69, 9.17) is 4.74 Å². The van der Waals surface area contributed by atoms with Gasteiger partial charge in [0.05, 0.1) is 16.8 Å². The van der Waals surface area contributed by atoms with Gasteiger partial charge in [0.25, 0.3) is 0 Å². The van der Waals surface area contributed by atoms with Crippen LogP contribution in [0.5, 0.6) is 0 Å². The predicted molar refractivity (Wildman–Crippen MR) is 75.7 cm³/mol. The third-order valence-electron chi connectivity index (χ3n) is 4.01. The molecule has 0 aromatic carbocycles. The molecule has 3 heteroatoms. The molecular formula is C15H31NO2. The molecule has 0 radical (unpaired) electrons. The standard InChI is InChI=1S/C15H31NO2/c1-11(2)16-9-8-15(7,17)12-10-13(3,4)18-14(12,5)6/h11-12,16-17H,8-10H2,1-7H3. The van der Waals surface area contributed by atoms with Crippen molar-refractivity contribution in [3.05, 3.63) is 0 Å². The van der Waals surface area contributed by atoms with E-state index >= 15 is 0 Å². The Kier molecular flexibility index (Phi) is 4.52. The van der Waals surface area contributed by atoms with Gasteiger partial charge in [0.15, 0.2) is 0 Å². The fourth-order valence-corrected chi connectivity index (χ4v) is 3.32. The largest absolute Gasteiger partial charge is 0.390 e. The zero-order valence-corrected chi connectivity index (χ0v) is 13.1. The molecule has 1 rings (SSSR count). The topological polar surface area (TPSA) is 41.5 Å². The molecule has 0 spiro atoms. The second-order valence-electron chi connectivity index (χ2n) is 7.44. The molecule has 18 heavy (non-hydrogen) atoms. The molecule has 0 saturated carbocycles. The highest BCUT2D eigenvalue weighted by Crippen LogP contribution is 2.47. The minimum absolute atomic E-state index is 0.135. The number of aliphatic hydroxyl groups is 1. The lowest BCUT2D eigenvalue weighted by molar-refractivity contribution is -0.110. The molecule has 0 bridgehead atoms. The van der Waals surface area contributed by atoms with Crippen molar-refractivity contribution in [3.63, 3.8) is 0 Å². The summed E-state index contributed by atoms with van der Waals surface area (Å²) < 4.78 is 6.08. The van der Waals surface area contributed by atoms with Crippen molar-refractivity contribution in [2.24, 2.45) is 5.92 Å². The highest BCUT2D eigenvalue weighted by Gasteiger charge is 2.52. The lowest BCUT2D eigenvalue weighted by Gasteiger charge is -2.37. The molecule has 3 nitrogen and oxygen atoms in total. The summed E-state index contributed by atoms with van der Waals surface area (Å²) in [7, 11) is 0. The maximum Gasteiger partial charge on any atom is 0.0690 e. The maximum absolute atomic E-state index is 10.8. The first-order valence-corrected chi connectivity index (χ1v) is 7.12. The minimum Gasteiger partial charge on any atom is -0.390 e. The van der Waals surface area contributed by atoms with Crippen molar-refractivity contribution in [2.45, 2.75) is 84.2 Å². The summed E-state index contributed by atoms with van der Waals surface area (Å²) in [5, 5.41) is 14.1. The van der Waals surface area contributed by atoms with Gasteiger partial charge in [0.2, 0.25) is 0 Å². The zero-order valence-electron chi connectivity index (χ0n) is 13.1. The van der Waals surface area contributed by atoms with Crippen LogP contribution in [-0.2, 0) is 4.74 Å². The fraction of sp³-hybridized carbons (Fsp3) is 1.00. The number of nitrogens with one attached hydrogen (secondary N) is 1. The van der Waals surface area contributed by atoms with Gasteiger partial charge >= 0.3 is 0 Å². The Balaban J connectivity index is 2.66. The van der Waals surface area contributed by atoms with Gasteiger partial charge in [0.1, 0.15) is 0 Å². The Morgan fingerprint density at radius 2 is 1.89 bits per heavy atom. The van der Waals surface area contributed by atoms with E-state index in [-0.39, 0.29) is 17.1 Å². The average molecular weight is 257 g/mol. The second-order valence-corrected chi connectivity index (χ2v) is 7.44. The smallest absolute Gasteiger partial charge is 0.0690 e. The van der Waals surface area contributed by atoms with Crippen LogP contribution in [0, 0.1) is 5.92 Å². The third kappa shape index (κ3) is 3.94. The minimum atomic E-state index is -0.681. The molecule has 1 saturated heterocycles. The maximum atomic E-state index is 10.8. The van der Waals surface area contributed by atoms with Crippen molar-refractivity contribution in [2.75, 3.05) is 6.54 Å². The molecule has 2 N–H and O–H groups in total. The normalized spacial score (nSPS) is 29.5. The van der Waals surface area contributed by atoms with E-state index in [1.807, 2.05) is 6.92 Å². The first kappa shape index (κ1) is 15.9. The molecular weight excluding hydrogens is 226 g/mol. The molecule has 2 unspecified atom stereocenters. The van der Waals surface area contributed by atoms with Gasteiger partial charge in [-0.25, -0.2) is 0 Å². The van der Waals surface area contributed by atoms with Crippen LogP contribution >= 0.6 is 0 Å². The van der Waals surface area contributed by atoms with Crippen molar-refractivity contribution < 1.29 is 9.84 Å². The Hall–Kier alpha value is -0.120. The molecule has 1 heterocycles. The van der Waals surface area contributed by atoms with Crippen molar-refractivity contribution in [1.82, 2.24) is 5.32 Å². The Morgan fingerprint density at radius 3 is 2.28 bits per heavy atom. The molecule has 2 atom stereocenters. The van der Waals surface area contributed by atoms with Gasteiger partial charge in [-0.15, -0.1) is 0 Å². The Morgan fingerprint density at radius 1 is 1.33 bits per heavy atom. The van der Waals surface area contributed by atoms with E-state index in [9.17, 15) is 5.11 Å². The van der Waals surface area contributed by atoms with Crippen molar-refractivity contribution >= 4 is 0 Å². The molecule has 0 aromatic rings. The van der Waals surface area contributed by atoms with Crippen molar-refractivity contribution in [3.8, 4) is 0 Å². The van der Waals surface area contributed by atoms with Gasteiger partial charge in [-0.2, -0.15) is 0 Å². The van der Waals surface area contributed by atoms with E-state index in [0.29, 0.717) is 6.04 Å². The molecule has 0 amide bonds. The summed E-state index contributed by atoms with van der Waals surface area (Å²) in [6.45, 7) is 15.5. The van der Waals surface area contributed by atoms with E-state index in [0.717, 1.165) is 19.4 Å². The van der Waals surface area contributed by atoms with Gasteiger partial charge in [0, 0.05) is 12.0 Å². The van der Waals surface area contributed by atoms with Crippen LogP contribution in [-0.4, -0.2) is 34.5 Å². The molecule has 1 fully saturated rings. The van der Waals surface area contributed by atoms with Gasteiger partial charge in [-0.3, -0.25) is 0 Å². The van der Waals surface area contributed by atoms with Gasteiger partial charge in [-0.1, -0.05) is 13.8 Å². The number of ether oxygens (including phenoxy) is 1. The average Bonchev–Trinajstić information content (AvgIpc) is 2.33. The molecule has 0 aliphatic carbocycles. The van der Waals surface area contributed by atoms with Crippen LogP contribution in [0.1, 0.15) is 61.3 Å². The zero-order chi connectivity index (χ0) is 14.2. The monoisotopic (exact) mass is 257 g/mol. The molecule has 1 aliphatic heterocycles. The van der Waals surface area contributed by atoms with Crippen molar-refractivity contribution in [1.29, 1.82) is 0 Å². The van der Waals surface area contributed by atoms with Crippen LogP contribution in [0.3, 0.4) is 0 Å². The molecule has 1 aliphatic rings. The van der Waals surface area contributed by atoms with Crippen LogP contribution in [0.25, 0.3) is 0 Å². The SMILES string of the molecule is CC(C)NCCC(C)(O)C1CC(C)(C)OC1(C)C. The summed E-state index contributed by atoms with van der Waals surface area (Å²) >= 11 is 0. The van der Waals surface area contributed by atoms with Crippen LogP contribution in [0.4, 0.5) is 0 Å². The predicted octanol–water partition coefficient (Wildman–Crippen LogP) is 2.72. The van der Waals surface area contributed by atoms with Crippen LogP contribution in [0.15, 0.2) is 0 Å². The highest BCUT2D eigenvalue weighted by molar-refractivity contribution is 5.02. The lowest BCUT2D eigenvalue weighted by atomic mass is 9.74. The van der Waals surface area contributed by atoms with Gasteiger partial charge < -0.3 is 15.2 Å². The van der Waals surface area contributed by atoms with Crippen LogP contribution in [0.2, 0.25) is 0 Å². The summed E-state index contributed by atoms with van der Waals surface area (Å²) in [6, 6.07) is 0.463. The third-order valence-corrected chi connectivity index (χ3v) is 4.01. The highest BCUT2D eigenvalue weighted by atomic mass is 16.5. The van der Waals surface area contributed by atoms with E-state index in [2.05, 4.69) is 46.9 Å². The summed E-state index contributed by atoms with van der Waals surface area (Å²) in [5.41, 5.74) is -1.08. The second kappa shape index (κ2) is 5.10. The first-order valence-electron chi connectivity index (χ1n) is 7.12. The van der Waals surface area contributed by atoms with E-state index in [1.54, 1.807) is 0 Å². The fourth-order valence-electron chi connectivity index (χ4n) is 3.32. The van der Waals surface area contributed by atoms with Gasteiger partial charge in [-0.05, 0) is 54.0 Å². The van der Waals surface area contributed by atoms with E-state index < -0.39 is 5.60 Å². The summed E-state index contributed by atoms with van der Waals surface area (Å²) in [6.07, 6.45) is 1.67. The number of rotatable bonds is 5. The Labute approximate surface area is 112 Å². The summed E-state index contributed by atoms with van der Waals surface area (Å²) in [4.78, 5) is 0. The lowest BCUT2D eigenvalue weighted by Crippen LogP contribution is -2.46. The Bertz CT molecular complexity index is 282. The van der Waals surface area contributed by atoms with Crippen LogP contribution < -0.4 is 5.32 Å². The molecule has 0 aromatic heterocycles. The number of hydrogen-bond acceptors (Lipinski definition) is 3. The van der Waals surface area contributed by atoms with E-state index in [1.165, 1.54) is 0 Å². The quantitative estimate of drug-likeness (QED) is 0.795. The first-order chi connectivity index (χ1) is 7.96. The molecule has 108 valence electrons. The summed E-state index contributed by atoms with van der Waals surface area (Å²) in [5.74, 6) is 0.175. The number of hydrogen-bond donors (Lipinski definition) is 2.